The van der Waals surface area contributed by atoms with Gasteiger partial charge in [0, 0.05) is 24.7 Å². The summed E-state index contributed by atoms with van der Waals surface area (Å²) in [5, 5.41) is 0. The van der Waals surface area contributed by atoms with Crippen molar-refractivity contribution in [2.45, 2.75) is 46.5 Å². The molecule has 2 aromatic rings. The molecule has 1 aliphatic rings. The number of hydrogen-bond acceptors (Lipinski definition) is 3. The van der Waals surface area contributed by atoms with Gasteiger partial charge in [0.15, 0.2) is 0 Å². The van der Waals surface area contributed by atoms with Gasteiger partial charge in [-0.05, 0) is 100 Å². The van der Waals surface area contributed by atoms with E-state index in [-0.39, 0.29) is 0 Å². The van der Waals surface area contributed by atoms with E-state index in [2.05, 4.69) is 75.2 Å². The molecule has 0 fully saturated rings. The largest absolute Gasteiger partial charge is 0.492 e. The molecule has 3 rings (SSSR count). The van der Waals surface area contributed by atoms with Crippen molar-refractivity contribution in [3.05, 3.63) is 70.3 Å². The third-order valence-electron chi connectivity index (χ3n) is 6.16. The second kappa shape index (κ2) is 10.6. The van der Waals surface area contributed by atoms with Crippen LogP contribution in [0.3, 0.4) is 0 Å². The molecule has 160 valence electrons. The average molecular weight is 405 g/mol. The Morgan fingerprint density at radius 2 is 1.83 bits per heavy atom. The fourth-order valence-electron chi connectivity index (χ4n) is 4.05. The van der Waals surface area contributed by atoms with Crippen molar-refractivity contribution in [3.8, 4) is 5.75 Å². The van der Waals surface area contributed by atoms with E-state index in [1.54, 1.807) is 0 Å². The Bertz CT molecular complexity index is 926. The van der Waals surface area contributed by atoms with Gasteiger partial charge in [-0.15, -0.1) is 0 Å². The van der Waals surface area contributed by atoms with Crippen LogP contribution in [0.2, 0.25) is 0 Å². The third-order valence-corrected chi connectivity index (χ3v) is 6.16. The molecule has 3 heteroatoms. The molecule has 0 spiro atoms. The molecule has 0 amide bonds. The molecule has 2 aromatic carbocycles. The van der Waals surface area contributed by atoms with Crippen LogP contribution in [0.4, 0.5) is 0 Å². The van der Waals surface area contributed by atoms with Gasteiger partial charge >= 0.3 is 0 Å². The number of benzene rings is 2. The van der Waals surface area contributed by atoms with Gasteiger partial charge in [0.05, 0.1) is 5.71 Å². The Kier molecular flexibility index (Phi) is 7.87. The minimum atomic E-state index is 0.737. The molecular formula is C27H36N2O. The normalized spacial score (nSPS) is 17.1. The van der Waals surface area contributed by atoms with Crippen molar-refractivity contribution in [2.75, 3.05) is 33.8 Å². The quantitative estimate of drug-likeness (QED) is 0.593. The summed E-state index contributed by atoms with van der Waals surface area (Å²) in [6, 6.07) is 13.3. The van der Waals surface area contributed by atoms with Gasteiger partial charge < -0.3 is 9.64 Å². The fourth-order valence-corrected chi connectivity index (χ4v) is 4.05. The first-order chi connectivity index (χ1) is 14.5. The second-order valence-electron chi connectivity index (χ2n) is 8.36. The predicted molar refractivity (Wildman–Crippen MR) is 129 cm³/mol. The molecule has 0 atom stereocenters. The highest BCUT2D eigenvalue weighted by Crippen LogP contribution is 2.27. The summed E-state index contributed by atoms with van der Waals surface area (Å²) in [5.74, 6) is 1.03. The van der Waals surface area contributed by atoms with Gasteiger partial charge in [0.25, 0.3) is 0 Å². The van der Waals surface area contributed by atoms with E-state index in [9.17, 15) is 0 Å². The Balaban J connectivity index is 1.96. The van der Waals surface area contributed by atoms with E-state index in [1.165, 1.54) is 52.7 Å². The predicted octanol–water partition coefficient (Wildman–Crippen LogP) is 5.92. The lowest BCUT2D eigenvalue weighted by Crippen LogP contribution is -2.25. The highest BCUT2D eigenvalue weighted by atomic mass is 16.5. The lowest BCUT2D eigenvalue weighted by atomic mass is 9.92. The van der Waals surface area contributed by atoms with Gasteiger partial charge in [-0.25, -0.2) is 0 Å². The first-order valence-corrected chi connectivity index (χ1v) is 11.2. The van der Waals surface area contributed by atoms with Crippen LogP contribution in [0.25, 0.3) is 5.57 Å². The molecule has 0 unspecified atom stereocenters. The molecule has 0 saturated carbocycles. The smallest absolute Gasteiger partial charge is 0.122 e. The summed E-state index contributed by atoms with van der Waals surface area (Å²) >= 11 is 0. The van der Waals surface area contributed by atoms with E-state index < -0.39 is 0 Å². The first-order valence-electron chi connectivity index (χ1n) is 11.2. The summed E-state index contributed by atoms with van der Waals surface area (Å²) in [4.78, 5) is 7.08. The van der Waals surface area contributed by atoms with Crippen LogP contribution < -0.4 is 4.74 Å². The van der Waals surface area contributed by atoms with Crippen LogP contribution in [-0.4, -0.2) is 44.4 Å². The van der Waals surface area contributed by atoms with Crippen LogP contribution in [0, 0.1) is 6.92 Å². The molecule has 0 bridgehead atoms. The molecule has 0 N–H and O–H groups in total. The summed E-state index contributed by atoms with van der Waals surface area (Å²) in [7, 11) is 4.08. The second-order valence-corrected chi connectivity index (χ2v) is 8.36. The highest BCUT2D eigenvalue weighted by Gasteiger charge is 2.14. The number of likely N-dealkylation sites (N-methyl/N-ethyl adjacent to an activating group) is 1. The maximum absolute atomic E-state index is 6.16. The van der Waals surface area contributed by atoms with Gasteiger partial charge in [-0.3, -0.25) is 4.99 Å². The van der Waals surface area contributed by atoms with Crippen molar-refractivity contribution < 1.29 is 4.74 Å². The zero-order valence-electron chi connectivity index (χ0n) is 19.3. The van der Waals surface area contributed by atoms with Crippen LogP contribution in [0.1, 0.15) is 60.9 Å². The van der Waals surface area contributed by atoms with Crippen molar-refractivity contribution in [1.82, 2.24) is 4.90 Å². The van der Waals surface area contributed by atoms with E-state index >= 15 is 0 Å². The zero-order chi connectivity index (χ0) is 21.5. The molecule has 0 aliphatic carbocycles. The number of ether oxygens (including phenoxy) is 1. The Labute approximate surface area is 182 Å². The molecule has 30 heavy (non-hydrogen) atoms. The minimum Gasteiger partial charge on any atom is -0.492 e. The number of allylic oxidation sites excluding steroid dienone is 2. The Morgan fingerprint density at radius 1 is 1.03 bits per heavy atom. The molecule has 3 nitrogen and oxygen atoms in total. The van der Waals surface area contributed by atoms with Crippen molar-refractivity contribution in [1.29, 1.82) is 0 Å². The number of rotatable bonds is 3. The third kappa shape index (κ3) is 5.40. The molecule has 0 aromatic heterocycles. The fraction of sp³-hybridized carbons (Fsp3) is 0.444. The standard InChI is InChI=1S/C27H36N2O/c1-6-20(2)22-12-11-21(3)25(19-22)27(28-4)24-13-14-26-23(18-24)10-8-7-9-15-29(5)16-17-30-26/h6,11-14,18-19H,7-10,15-17H2,1-5H3/b20-6-,28-27?. The molecule has 1 heterocycles. The van der Waals surface area contributed by atoms with E-state index in [0.29, 0.717) is 0 Å². The first kappa shape index (κ1) is 22.3. The van der Waals surface area contributed by atoms with Gasteiger partial charge in [-0.2, -0.15) is 0 Å². The van der Waals surface area contributed by atoms with Crippen molar-refractivity contribution in [2.24, 2.45) is 4.99 Å². The van der Waals surface area contributed by atoms with Gasteiger partial charge in [-0.1, -0.05) is 24.6 Å². The lowest BCUT2D eigenvalue weighted by Gasteiger charge is -2.17. The lowest BCUT2D eigenvalue weighted by molar-refractivity contribution is 0.236. The molecule has 0 radical (unpaired) electrons. The maximum Gasteiger partial charge on any atom is 0.122 e. The van der Waals surface area contributed by atoms with Crippen LogP contribution in [0.5, 0.6) is 5.75 Å². The summed E-state index contributed by atoms with van der Waals surface area (Å²) in [5.41, 5.74) is 8.51. The zero-order valence-corrected chi connectivity index (χ0v) is 19.3. The van der Waals surface area contributed by atoms with E-state index in [4.69, 9.17) is 9.73 Å². The number of aryl methyl sites for hydroxylation is 2. The monoisotopic (exact) mass is 404 g/mol. The summed E-state index contributed by atoms with van der Waals surface area (Å²) < 4.78 is 6.16. The van der Waals surface area contributed by atoms with Crippen LogP contribution >= 0.6 is 0 Å². The molecule has 1 aliphatic heterocycles. The summed E-state index contributed by atoms with van der Waals surface area (Å²) in [6.45, 7) is 9.27. The number of aliphatic imine (C=N–C) groups is 1. The SMILES string of the molecule is C/C=C(/C)c1ccc(C)c(C(=NC)c2ccc3c(c2)CCCCCN(C)CCO3)c1. The Hall–Kier alpha value is -2.39. The number of fused-ring (bicyclic) bond motifs is 1. The van der Waals surface area contributed by atoms with E-state index in [1.807, 2.05) is 7.05 Å². The number of hydrogen-bond donors (Lipinski definition) is 0. The van der Waals surface area contributed by atoms with Gasteiger partial charge in [0.1, 0.15) is 12.4 Å². The molecule has 0 saturated heterocycles. The Morgan fingerprint density at radius 3 is 2.60 bits per heavy atom. The molecular weight excluding hydrogens is 368 g/mol. The maximum atomic E-state index is 6.16. The van der Waals surface area contributed by atoms with Gasteiger partial charge in [0.2, 0.25) is 0 Å². The van der Waals surface area contributed by atoms with E-state index in [0.717, 1.165) is 37.6 Å². The topological polar surface area (TPSA) is 24.8 Å². The highest BCUT2D eigenvalue weighted by molar-refractivity contribution is 6.14. The van der Waals surface area contributed by atoms with Crippen LogP contribution in [0.15, 0.2) is 47.5 Å². The minimum absolute atomic E-state index is 0.737. The van der Waals surface area contributed by atoms with Crippen LogP contribution in [-0.2, 0) is 6.42 Å². The average Bonchev–Trinajstić information content (AvgIpc) is 2.79. The van der Waals surface area contributed by atoms with Crippen molar-refractivity contribution >= 4 is 11.3 Å². The summed E-state index contributed by atoms with van der Waals surface area (Å²) in [6.07, 6.45) is 6.92. The number of nitrogens with zero attached hydrogens (tertiary/aromatic N) is 2. The van der Waals surface area contributed by atoms with Crippen molar-refractivity contribution in [3.63, 3.8) is 0 Å².